The van der Waals surface area contributed by atoms with Gasteiger partial charge in [-0.3, -0.25) is 9.59 Å². The van der Waals surface area contributed by atoms with E-state index in [1.807, 2.05) is 0 Å². The molecule has 0 spiro atoms. The highest BCUT2D eigenvalue weighted by molar-refractivity contribution is 6.31. The van der Waals surface area contributed by atoms with Crippen molar-refractivity contribution >= 4 is 23.5 Å². The van der Waals surface area contributed by atoms with Crippen molar-refractivity contribution in [2.45, 2.75) is 12.8 Å². The van der Waals surface area contributed by atoms with Gasteiger partial charge in [0.1, 0.15) is 0 Å². The van der Waals surface area contributed by atoms with Crippen molar-refractivity contribution in [3.8, 4) is 0 Å². The monoisotopic (exact) mass is 285 g/mol. The summed E-state index contributed by atoms with van der Waals surface area (Å²) in [6.45, 7) is 0.791. The molecule has 0 radical (unpaired) electrons. The number of hydrogen-bond acceptors (Lipinski definition) is 2. The number of aliphatic carboxylic acids is 1. The lowest BCUT2D eigenvalue weighted by Crippen LogP contribution is -2.29. The molecule has 0 saturated carbocycles. The standard InChI is InChI=1S/C13H13ClFNO3/c14-10-3-1-2-9(12(10)15)13(19)16-5-4-8(7-16)6-11(17)18/h1-3,8H,4-7H2,(H,17,18). The molecule has 1 aliphatic rings. The summed E-state index contributed by atoms with van der Waals surface area (Å²) in [6, 6.07) is 4.28. The first kappa shape index (κ1) is 13.8. The van der Waals surface area contributed by atoms with Crippen LogP contribution in [0, 0.1) is 11.7 Å². The topological polar surface area (TPSA) is 57.6 Å². The SMILES string of the molecule is O=C(O)CC1CCN(C(=O)c2cccc(Cl)c2F)C1. The number of nitrogens with zero attached hydrogens (tertiary/aromatic N) is 1. The predicted octanol–water partition coefficient (Wildman–Crippen LogP) is 2.42. The number of carboxylic acid groups (broad SMARTS) is 1. The average Bonchev–Trinajstić information content (AvgIpc) is 2.79. The van der Waals surface area contributed by atoms with Gasteiger partial charge >= 0.3 is 5.97 Å². The molecule has 1 aliphatic heterocycles. The van der Waals surface area contributed by atoms with Crippen LogP contribution in [0.1, 0.15) is 23.2 Å². The number of carboxylic acids is 1. The molecule has 2 rings (SSSR count). The Hall–Kier alpha value is -1.62. The Labute approximate surface area is 114 Å². The van der Waals surface area contributed by atoms with E-state index in [9.17, 15) is 14.0 Å². The molecule has 1 aromatic rings. The highest BCUT2D eigenvalue weighted by atomic mass is 35.5. The molecule has 1 saturated heterocycles. The van der Waals surface area contributed by atoms with Crippen molar-refractivity contribution in [1.82, 2.24) is 4.90 Å². The fraction of sp³-hybridized carbons (Fsp3) is 0.385. The number of carbonyl (C=O) groups excluding carboxylic acids is 1. The molecule has 1 N–H and O–H groups in total. The van der Waals surface area contributed by atoms with Gasteiger partial charge in [0, 0.05) is 19.5 Å². The Morgan fingerprint density at radius 2 is 2.21 bits per heavy atom. The summed E-state index contributed by atoms with van der Waals surface area (Å²) in [5.41, 5.74) is -0.0662. The zero-order valence-corrected chi connectivity index (χ0v) is 10.9. The van der Waals surface area contributed by atoms with Crippen molar-refractivity contribution in [3.05, 3.63) is 34.6 Å². The van der Waals surface area contributed by atoms with Crippen molar-refractivity contribution < 1.29 is 19.1 Å². The summed E-state index contributed by atoms with van der Waals surface area (Å²) in [5.74, 6) is -2.11. The van der Waals surface area contributed by atoms with E-state index in [0.717, 1.165) is 0 Å². The molecule has 1 heterocycles. The quantitative estimate of drug-likeness (QED) is 0.928. The number of rotatable bonds is 3. The summed E-state index contributed by atoms with van der Waals surface area (Å²) in [6.07, 6.45) is 0.655. The molecule has 1 fully saturated rings. The van der Waals surface area contributed by atoms with Crippen LogP contribution in [0.5, 0.6) is 0 Å². The zero-order chi connectivity index (χ0) is 14.0. The lowest BCUT2D eigenvalue weighted by molar-refractivity contribution is -0.138. The maximum atomic E-state index is 13.7. The molecular weight excluding hydrogens is 273 g/mol. The van der Waals surface area contributed by atoms with Crippen LogP contribution in [0.2, 0.25) is 5.02 Å². The number of benzene rings is 1. The minimum atomic E-state index is -0.881. The summed E-state index contributed by atoms with van der Waals surface area (Å²) < 4.78 is 13.7. The third kappa shape index (κ3) is 3.04. The average molecular weight is 286 g/mol. The van der Waals surface area contributed by atoms with E-state index in [-0.39, 0.29) is 22.9 Å². The number of carbonyl (C=O) groups is 2. The van der Waals surface area contributed by atoms with Crippen LogP contribution in [0.15, 0.2) is 18.2 Å². The van der Waals surface area contributed by atoms with Gasteiger partial charge in [0.25, 0.3) is 5.91 Å². The predicted molar refractivity (Wildman–Crippen MR) is 67.7 cm³/mol. The highest BCUT2D eigenvalue weighted by Gasteiger charge is 2.29. The van der Waals surface area contributed by atoms with E-state index in [1.54, 1.807) is 0 Å². The Morgan fingerprint density at radius 1 is 1.47 bits per heavy atom. The van der Waals surface area contributed by atoms with Crippen LogP contribution in [-0.4, -0.2) is 35.0 Å². The second-order valence-electron chi connectivity index (χ2n) is 4.61. The first-order valence-electron chi connectivity index (χ1n) is 5.94. The lowest BCUT2D eigenvalue weighted by Gasteiger charge is -2.16. The minimum Gasteiger partial charge on any atom is -0.481 e. The van der Waals surface area contributed by atoms with E-state index >= 15 is 0 Å². The van der Waals surface area contributed by atoms with Gasteiger partial charge in [0.2, 0.25) is 0 Å². The second kappa shape index (κ2) is 5.57. The molecule has 6 heteroatoms. The molecule has 102 valence electrons. The van der Waals surface area contributed by atoms with E-state index in [1.165, 1.54) is 23.1 Å². The first-order valence-corrected chi connectivity index (χ1v) is 6.32. The van der Waals surface area contributed by atoms with Crippen molar-refractivity contribution in [3.63, 3.8) is 0 Å². The largest absolute Gasteiger partial charge is 0.481 e. The molecule has 0 bridgehead atoms. The Bertz CT molecular complexity index is 521. The minimum absolute atomic E-state index is 0.0296. The van der Waals surface area contributed by atoms with E-state index in [2.05, 4.69) is 0 Å². The number of amides is 1. The van der Waals surface area contributed by atoms with Gasteiger partial charge in [0.05, 0.1) is 10.6 Å². The van der Waals surface area contributed by atoms with E-state index < -0.39 is 17.7 Å². The summed E-state index contributed by atoms with van der Waals surface area (Å²) in [7, 11) is 0. The van der Waals surface area contributed by atoms with Crippen LogP contribution in [0.3, 0.4) is 0 Å². The van der Waals surface area contributed by atoms with Crippen LogP contribution >= 0.6 is 11.6 Å². The van der Waals surface area contributed by atoms with Gasteiger partial charge in [-0.1, -0.05) is 17.7 Å². The van der Waals surface area contributed by atoms with Crippen LogP contribution in [0.25, 0.3) is 0 Å². The molecule has 1 atom stereocenters. The third-order valence-electron chi connectivity index (χ3n) is 3.22. The number of halogens is 2. The van der Waals surface area contributed by atoms with Gasteiger partial charge in [-0.05, 0) is 24.5 Å². The maximum absolute atomic E-state index is 13.7. The molecule has 1 aromatic carbocycles. The summed E-state index contributed by atoms with van der Waals surface area (Å²) in [5, 5.41) is 8.62. The second-order valence-corrected chi connectivity index (χ2v) is 5.01. The van der Waals surface area contributed by atoms with Crippen LogP contribution in [-0.2, 0) is 4.79 Å². The molecule has 0 aromatic heterocycles. The number of likely N-dealkylation sites (tertiary alicyclic amines) is 1. The Kier molecular flexibility index (Phi) is 4.04. The molecular formula is C13H13ClFNO3. The van der Waals surface area contributed by atoms with Crippen molar-refractivity contribution in [2.24, 2.45) is 5.92 Å². The first-order chi connectivity index (χ1) is 8.99. The molecule has 19 heavy (non-hydrogen) atoms. The lowest BCUT2D eigenvalue weighted by atomic mass is 10.1. The van der Waals surface area contributed by atoms with Gasteiger partial charge < -0.3 is 10.0 Å². The van der Waals surface area contributed by atoms with Crippen LogP contribution < -0.4 is 0 Å². The van der Waals surface area contributed by atoms with Gasteiger partial charge in [-0.2, -0.15) is 0 Å². The Morgan fingerprint density at radius 3 is 2.89 bits per heavy atom. The van der Waals surface area contributed by atoms with Crippen LogP contribution in [0.4, 0.5) is 4.39 Å². The fourth-order valence-electron chi connectivity index (χ4n) is 2.27. The van der Waals surface area contributed by atoms with Gasteiger partial charge in [0.15, 0.2) is 5.82 Å². The van der Waals surface area contributed by atoms with E-state index in [4.69, 9.17) is 16.7 Å². The normalized spacial score (nSPS) is 18.6. The van der Waals surface area contributed by atoms with E-state index in [0.29, 0.717) is 19.5 Å². The molecule has 0 aliphatic carbocycles. The molecule has 4 nitrogen and oxygen atoms in total. The Balaban J connectivity index is 2.09. The molecule has 1 amide bonds. The smallest absolute Gasteiger partial charge is 0.303 e. The van der Waals surface area contributed by atoms with Crippen molar-refractivity contribution in [1.29, 1.82) is 0 Å². The van der Waals surface area contributed by atoms with Gasteiger partial charge in [-0.25, -0.2) is 4.39 Å². The van der Waals surface area contributed by atoms with Crippen molar-refractivity contribution in [2.75, 3.05) is 13.1 Å². The highest BCUT2D eigenvalue weighted by Crippen LogP contribution is 2.24. The summed E-state index contributed by atoms with van der Waals surface area (Å²) >= 11 is 5.64. The maximum Gasteiger partial charge on any atom is 0.303 e. The zero-order valence-electron chi connectivity index (χ0n) is 10.1. The summed E-state index contributed by atoms with van der Waals surface area (Å²) in [4.78, 5) is 24.2. The molecule has 1 unspecified atom stereocenters. The third-order valence-corrected chi connectivity index (χ3v) is 3.51. The fourth-order valence-corrected chi connectivity index (χ4v) is 2.44. The number of hydrogen-bond donors (Lipinski definition) is 1. The van der Waals surface area contributed by atoms with Gasteiger partial charge in [-0.15, -0.1) is 0 Å².